The zero-order chi connectivity index (χ0) is 11.5. The van der Waals surface area contributed by atoms with Gasteiger partial charge in [-0.25, -0.2) is 4.79 Å². The zero-order valence-electron chi connectivity index (χ0n) is 9.61. The molecule has 0 saturated carbocycles. The van der Waals surface area contributed by atoms with E-state index in [9.17, 15) is 4.79 Å². The highest BCUT2D eigenvalue weighted by Gasteiger charge is 2.28. The number of amides is 2. The fourth-order valence-electron chi connectivity index (χ4n) is 2.49. The van der Waals surface area contributed by atoms with E-state index in [1.807, 2.05) is 9.80 Å². The van der Waals surface area contributed by atoms with Crippen LogP contribution in [-0.4, -0.2) is 47.8 Å². The van der Waals surface area contributed by atoms with E-state index in [2.05, 4.69) is 0 Å². The predicted octanol–water partition coefficient (Wildman–Crippen LogP) is 0.850. The standard InChI is InChI=1S/C11H20N4O/c12-10(13)9-3-7-15(8-4-9)11(16)14-5-1-2-6-14/h9H,1-8H2,(H3,12,13). The molecule has 2 heterocycles. The fraction of sp³-hybridized carbons (Fsp3) is 0.818. The minimum absolute atomic E-state index is 0.180. The van der Waals surface area contributed by atoms with Crippen molar-refractivity contribution in [3.8, 4) is 0 Å². The molecule has 90 valence electrons. The van der Waals surface area contributed by atoms with Crippen molar-refractivity contribution in [2.45, 2.75) is 25.7 Å². The Hall–Kier alpha value is -1.26. The van der Waals surface area contributed by atoms with E-state index in [1.54, 1.807) is 0 Å². The SMILES string of the molecule is N=C(N)C1CCN(C(=O)N2CCCC2)CC1. The molecule has 16 heavy (non-hydrogen) atoms. The Bertz CT molecular complexity index is 278. The summed E-state index contributed by atoms with van der Waals surface area (Å²) in [5, 5.41) is 7.39. The number of nitrogens with one attached hydrogen (secondary N) is 1. The largest absolute Gasteiger partial charge is 0.387 e. The minimum Gasteiger partial charge on any atom is -0.387 e. The number of rotatable bonds is 1. The number of urea groups is 1. The highest BCUT2D eigenvalue weighted by atomic mass is 16.2. The van der Waals surface area contributed by atoms with Gasteiger partial charge in [0.05, 0.1) is 5.84 Å². The van der Waals surface area contributed by atoms with E-state index < -0.39 is 0 Å². The van der Waals surface area contributed by atoms with Crippen LogP contribution in [-0.2, 0) is 0 Å². The van der Waals surface area contributed by atoms with E-state index in [-0.39, 0.29) is 17.8 Å². The van der Waals surface area contributed by atoms with Crippen LogP contribution in [0.2, 0.25) is 0 Å². The zero-order valence-corrected chi connectivity index (χ0v) is 9.61. The van der Waals surface area contributed by atoms with Crippen molar-refractivity contribution in [1.29, 1.82) is 5.41 Å². The van der Waals surface area contributed by atoms with Gasteiger partial charge in [-0.05, 0) is 25.7 Å². The first-order chi connectivity index (χ1) is 7.68. The summed E-state index contributed by atoms with van der Waals surface area (Å²) in [4.78, 5) is 15.9. The van der Waals surface area contributed by atoms with Gasteiger partial charge in [-0.3, -0.25) is 5.41 Å². The van der Waals surface area contributed by atoms with Gasteiger partial charge in [0.25, 0.3) is 0 Å². The molecule has 2 rings (SSSR count). The second-order valence-electron chi connectivity index (χ2n) is 4.69. The lowest BCUT2D eigenvalue weighted by molar-refractivity contribution is 0.147. The van der Waals surface area contributed by atoms with E-state index in [4.69, 9.17) is 11.1 Å². The highest BCUT2D eigenvalue weighted by molar-refractivity contribution is 5.80. The van der Waals surface area contributed by atoms with Crippen molar-refractivity contribution >= 4 is 11.9 Å². The Morgan fingerprint density at radius 2 is 1.56 bits per heavy atom. The Labute approximate surface area is 96.1 Å². The van der Waals surface area contributed by atoms with E-state index >= 15 is 0 Å². The predicted molar refractivity (Wildman–Crippen MR) is 62.4 cm³/mol. The number of hydrogen-bond acceptors (Lipinski definition) is 2. The first kappa shape index (κ1) is 11.2. The Kier molecular flexibility index (Phi) is 3.31. The molecule has 2 amide bonds. The lowest BCUT2D eigenvalue weighted by atomic mass is 9.96. The summed E-state index contributed by atoms with van der Waals surface area (Å²) in [5.41, 5.74) is 5.48. The van der Waals surface area contributed by atoms with E-state index in [0.29, 0.717) is 0 Å². The van der Waals surface area contributed by atoms with Crippen molar-refractivity contribution in [1.82, 2.24) is 9.80 Å². The topological polar surface area (TPSA) is 73.4 Å². The number of carbonyl (C=O) groups is 1. The molecule has 2 aliphatic rings. The average molecular weight is 224 g/mol. The number of hydrogen-bond donors (Lipinski definition) is 2. The lowest BCUT2D eigenvalue weighted by Gasteiger charge is -2.34. The molecule has 0 aromatic carbocycles. The van der Waals surface area contributed by atoms with E-state index in [1.165, 1.54) is 0 Å². The number of nitrogens with zero attached hydrogens (tertiary/aromatic N) is 2. The van der Waals surface area contributed by atoms with Gasteiger partial charge >= 0.3 is 6.03 Å². The second kappa shape index (κ2) is 4.72. The number of piperidine rings is 1. The summed E-state index contributed by atoms with van der Waals surface area (Å²) in [5.74, 6) is 0.455. The molecule has 0 aliphatic carbocycles. The molecular formula is C11H20N4O. The van der Waals surface area contributed by atoms with Crippen LogP contribution in [0.25, 0.3) is 0 Å². The first-order valence-corrected chi connectivity index (χ1v) is 6.06. The molecule has 0 aromatic rings. The third-order valence-corrected chi connectivity index (χ3v) is 3.58. The van der Waals surface area contributed by atoms with Gasteiger partial charge in [-0.15, -0.1) is 0 Å². The fourth-order valence-corrected chi connectivity index (χ4v) is 2.49. The maximum Gasteiger partial charge on any atom is 0.319 e. The van der Waals surface area contributed by atoms with Crippen molar-refractivity contribution in [2.75, 3.05) is 26.2 Å². The maximum atomic E-state index is 12.0. The first-order valence-electron chi connectivity index (χ1n) is 6.06. The normalized spacial score (nSPS) is 22.5. The van der Waals surface area contributed by atoms with Gasteiger partial charge in [0.15, 0.2) is 0 Å². The molecule has 5 heteroatoms. The number of carbonyl (C=O) groups excluding carboxylic acids is 1. The summed E-state index contributed by atoms with van der Waals surface area (Å²) < 4.78 is 0. The Balaban J connectivity index is 1.84. The van der Waals surface area contributed by atoms with Gasteiger partial charge in [-0.2, -0.15) is 0 Å². The van der Waals surface area contributed by atoms with Gasteiger partial charge < -0.3 is 15.5 Å². The third kappa shape index (κ3) is 2.28. The van der Waals surface area contributed by atoms with Crippen molar-refractivity contribution in [3.05, 3.63) is 0 Å². The smallest absolute Gasteiger partial charge is 0.319 e. The van der Waals surface area contributed by atoms with Crippen molar-refractivity contribution in [2.24, 2.45) is 11.7 Å². The van der Waals surface area contributed by atoms with Crippen LogP contribution in [0.1, 0.15) is 25.7 Å². The molecule has 5 nitrogen and oxygen atoms in total. The molecule has 0 aromatic heterocycles. The van der Waals surface area contributed by atoms with Gasteiger partial charge in [0.2, 0.25) is 0 Å². The average Bonchev–Trinajstić information content (AvgIpc) is 2.81. The molecular weight excluding hydrogens is 204 g/mol. The summed E-state index contributed by atoms with van der Waals surface area (Å²) in [6, 6.07) is 0.180. The second-order valence-corrected chi connectivity index (χ2v) is 4.69. The monoisotopic (exact) mass is 224 g/mol. The third-order valence-electron chi connectivity index (χ3n) is 3.58. The van der Waals surface area contributed by atoms with E-state index in [0.717, 1.165) is 51.9 Å². The van der Waals surface area contributed by atoms with Gasteiger partial charge in [0, 0.05) is 32.1 Å². The molecule has 0 spiro atoms. The highest BCUT2D eigenvalue weighted by Crippen LogP contribution is 2.19. The van der Waals surface area contributed by atoms with Crippen LogP contribution in [0.5, 0.6) is 0 Å². The molecule has 0 atom stereocenters. The van der Waals surface area contributed by atoms with Crippen molar-refractivity contribution in [3.63, 3.8) is 0 Å². The molecule has 3 N–H and O–H groups in total. The Morgan fingerprint density at radius 3 is 2.06 bits per heavy atom. The van der Waals surface area contributed by atoms with Crippen molar-refractivity contribution < 1.29 is 4.79 Å². The number of amidine groups is 1. The molecule has 2 saturated heterocycles. The van der Waals surface area contributed by atoms with Crippen LogP contribution in [0.4, 0.5) is 4.79 Å². The number of likely N-dealkylation sites (tertiary alicyclic amines) is 2. The molecule has 2 fully saturated rings. The van der Waals surface area contributed by atoms with Crippen LogP contribution in [0.3, 0.4) is 0 Å². The molecule has 2 aliphatic heterocycles. The van der Waals surface area contributed by atoms with Crippen LogP contribution >= 0.6 is 0 Å². The molecule has 0 radical (unpaired) electrons. The Morgan fingerprint density at radius 1 is 1.06 bits per heavy atom. The summed E-state index contributed by atoms with van der Waals surface area (Å²) in [7, 11) is 0. The van der Waals surface area contributed by atoms with Gasteiger partial charge in [0.1, 0.15) is 0 Å². The summed E-state index contributed by atoms with van der Waals surface area (Å²) >= 11 is 0. The summed E-state index contributed by atoms with van der Waals surface area (Å²) in [6.07, 6.45) is 3.95. The molecule has 0 bridgehead atoms. The minimum atomic E-state index is 0.180. The maximum absolute atomic E-state index is 12.0. The summed E-state index contributed by atoms with van der Waals surface area (Å²) in [6.45, 7) is 3.32. The molecule has 0 unspecified atom stereocenters. The van der Waals surface area contributed by atoms with Crippen LogP contribution in [0.15, 0.2) is 0 Å². The van der Waals surface area contributed by atoms with Crippen LogP contribution in [0, 0.1) is 11.3 Å². The number of nitrogens with two attached hydrogens (primary N) is 1. The lowest BCUT2D eigenvalue weighted by Crippen LogP contribution is -2.47. The van der Waals surface area contributed by atoms with Gasteiger partial charge in [-0.1, -0.05) is 0 Å². The van der Waals surface area contributed by atoms with Crippen LogP contribution < -0.4 is 5.73 Å². The quantitative estimate of drug-likeness (QED) is 0.512.